The third-order valence-corrected chi connectivity index (χ3v) is 11.3. The van der Waals surface area contributed by atoms with Crippen LogP contribution in [0.15, 0.2) is 249 Å². The topological polar surface area (TPSA) is 3.24 Å². The lowest BCUT2D eigenvalue weighted by Crippen LogP contribution is -2.09. The van der Waals surface area contributed by atoms with Crippen molar-refractivity contribution < 1.29 is 0 Å². The number of nitrogens with zero attached hydrogens (tertiary/aromatic N) is 1. The molecular weight excluding hydrogens is 711 g/mol. The molecule has 1 nitrogen and oxygen atoms in total. The van der Waals surface area contributed by atoms with Gasteiger partial charge in [0.1, 0.15) is 0 Å². The fourth-order valence-electron chi connectivity index (χ4n) is 8.38. The Morgan fingerprint density at radius 2 is 0.525 bits per heavy atom. The minimum absolute atomic E-state index is 1.09. The lowest BCUT2D eigenvalue weighted by molar-refractivity contribution is 1.28. The van der Waals surface area contributed by atoms with Gasteiger partial charge < -0.3 is 4.90 Å². The Hall–Kier alpha value is -7.74. The molecule has 1 heteroatoms. The Morgan fingerprint density at radius 1 is 0.203 bits per heavy atom. The number of rotatable bonds is 9. The van der Waals surface area contributed by atoms with Crippen LogP contribution in [0.3, 0.4) is 0 Å². The van der Waals surface area contributed by atoms with Crippen molar-refractivity contribution in [3.63, 3.8) is 0 Å². The van der Waals surface area contributed by atoms with E-state index in [9.17, 15) is 0 Å². The number of anilines is 3. The molecule has 0 saturated heterocycles. The molecule has 10 aromatic carbocycles. The highest BCUT2D eigenvalue weighted by Crippen LogP contribution is 2.41. The summed E-state index contributed by atoms with van der Waals surface area (Å²) in [6.45, 7) is 0. The van der Waals surface area contributed by atoms with Gasteiger partial charge in [-0.05, 0) is 120 Å². The third kappa shape index (κ3) is 7.23. The molecule has 0 heterocycles. The summed E-state index contributed by atoms with van der Waals surface area (Å²) in [6, 6.07) is 89.7. The highest BCUT2D eigenvalue weighted by Gasteiger charge is 2.16. The Morgan fingerprint density at radius 3 is 1.05 bits per heavy atom. The van der Waals surface area contributed by atoms with Gasteiger partial charge in [0.25, 0.3) is 0 Å². The molecule has 0 saturated carbocycles. The molecule has 0 unspecified atom stereocenters. The van der Waals surface area contributed by atoms with Gasteiger partial charge in [0.2, 0.25) is 0 Å². The summed E-state index contributed by atoms with van der Waals surface area (Å²) in [6.07, 6.45) is 0. The molecule has 0 N–H and O–H groups in total. The zero-order valence-corrected chi connectivity index (χ0v) is 32.6. The van der Waals surface area contributed by atoms with Crippen LogP contribution in [0.5, 0.6) is 0 Å². The average Bonchev–Trinajstić information content (AvgIpc) is 3.33. The van der Waals surface area contributed by atoms with Gasteiger partial charge in [-0.3, -0.25) is 0 Å². The molecule has 0 radical (unpaired) electrons. The van der Waals surface area contributed by atoms with Crippen LogP contribution >= 0.6 is 0 Å². The van der Waals surface area contributed by atoms with E-state index in [4.69, 9.17) is 0 Å². The van der Waals surface area contributed by atoms with Crippen LogP contribution < -0.4 is 4.90 Å². The molecule has 278 valence electrons. The van der Waals surface area contributed by atoms with Crippen LogP contribution in [-0.2, 0) is 0 Å². The van der Waals surface area contributed by atoms with Gasteiger partial charge in [-0.15, -0.1) is 0 Å². The Kier molecular flexibility index (Phi) is 9.68. The van der Waals surface area contributed by atoms with E-state index in [1.54, 1.807) is 0 Å². The SMILES string of the molecule is c1ccc(-c2ccc(N(c3ccc(-c4cccc(-c5ccccc5-c5ccccc5)c4)cc3)c3ccc(-c4cccc5cccc(-c6ccccc6)c45)cc3)cc2)cc1. The van der Waals surface area contributed by atoms with E-state index in [0.29, 0.717) is 0 Å². The van der Waals surface area contributed by atoms with Gasteiger partial charge in [-0.1, -0.05) is 206 Å². The van der Waals surface area contributed by atoms with E-state index in [2.05, 4.69) is 254 Å². The van der Waals surface area contributed by atoms with Crippen molar-refractivity contribution >= 4 is 27.8 Å². The maximum absolute atomic E-state index is 2.35. The molecule has 0 aliphatic carbocycles. The van der Waals surface area contributed by atoms with Crippen molar-refractivity contribution in [2.45, 2.75) is 0 Å². The van der Waals surface area contributed by atoms with Crippen molar-refractivity contribution in [3.8, 4) is 66.8 Å². The van der Waals surface area contributed by atoms with Crippen LogP contribution in [0, 0.1) is 0 Å². The normalized spacial score (nSPS) is 11.1. The van der Waals surface area contributed by atoms with Crippen LogP contribution in [0.25, 0.3) is 77.5 Å². The zero-order valence-electron chi connectivity index (χ0n) is 32.6. The predicted octanol–water partition coefficient (Wildman–Crippen LogP) is 16.3. The van der Waals surface area contributed by atoms with Gasteiger partial charge in [0.15, 0.2) is 0 Å². The van der Waals surface area contributed by atoms with Gasteiger partial charge in [0.05, 0.1) is 0 Å². The van der Waals surface area contributed by atoms with Crippen LogP contribution in [0.1, 0.15) is 0 Å². The lowest BCUT2D eigenvalue weighted by Gasteiger charge is -2.26. The summed E-state index contributed by atoms with van der Waals surface area (Å²) in [7, 11) is 0. The smallest absolute Gasteiger partial charge is 0.0462 e. The molecular formula is C58H41N. The summed E-state index contributed by atoms with van der Waals surface area (Å²) in [5.41, 5.74) is 17.8. The van der Waals surface area contributed by atoms with Crippen molar-refractivity contribution in [1.29, 1.82) is 0 Å². The first-order chi connectivity index (χ1) is 29.3. The first-order valence-electron chi connectivity index (χ1n) is 20.3. The fraction of sp³-hybridized carbons (Fsp3) is 0. The van der Waals surface area contributed by atoms with E-state index >= 15 is 0 Å². The van der Waals surface area contributed by atoms with E-state index in [-0.39, 0.29) is 0 Å². The van der Waals surface area contributed by atoms with Crippen LogP contribution in [0.4, 0.5) is 17.1 Å². The van der Waals surface area contributed by atoms with Gasteiger partial charge in [-0.25, -0.2) is 0 Å². The molecule has 0 bridgehead atoms. The molecule has 0 fully saturated rings. The average molecular weight is 752 g/mol. The highest BCUT2D eigenvalue weighted by atomic mass is 15.1. The maximum atomic E-state index is 2.35. The summed E-state index contributed by atoms with van der Waals surface area (Å²) in [4.78, 5) is 2.35. The standard InChI is InChI=1S/C58H41N/c1-4-15-42(16-5-1)43-29-35-51(36-30-43)59(53-39-33-47(34-40-53)57-28-14-22-48-21-13-27-56(58(48)57)46-19-8-3-9-20-46)52-37-31-44(32-38-52)49-23-12-24-50(41-49)55-26-11-10-25-54(55)45-17-6-2-7-18-45/h1-41H. The molecule has 0 aliphatic rings. The zero-order chi connectivity index (χ0) is 39.4. The van der Waals surface area contributed by atoms with Gasteiger partial charge in [0, 0.05) is 17.1 Å². The lowest BCUT2D eigenvalue weighted by atomic mass is 9.91. The van der Waals surface area contributed by atoms with Gasteiger partial charge >= 0.3 is 0 Å². The van der Waals surface area contributed by atoms with Crippen molar-refractivity contribution in [1.82, 2.24) is 0 Å². The fourth-order valence-corrected chi connectivity index (χ4v) is 8.38. The van der Waals surface area contributed by atoms with E-state index in [1.165, 1.54) is 77.5 Å². The van der Waals surface area contributed by atoms with Crippen molar-refractivity contribution in [3.05, 3.63) is 249 Å². The largest absolute Gasteiger partial charge is 0.311 e. The Labute approximate surface area is 346 Å². The summed E-state index contributed by atoms with van der Waals surface area (Å²) in [5.74, 6) is 0. The minimum atomic E-state index is 1.09. The first-order valence-corrected chi connectivity index (χ1v) is 20.3. The van der Waals surface area contributed by atoms with Gasteiger partial charge in [-0.2, -0.15) is 0 Å². The van der Waals surface area contributed by atoms with Crippen LogP contribution in [0.2, 0.25) is 0 Å². The summed E-state index contributed by atoms with van der Waals surface area (Å²) >= 11 is 0. The van der Waals surface area contributed by atoms with Crippen LogP contribution in [-0.4, -0.2) is 0 Å². The molecule has 0 aromatic heterocycles. The molecule has 0 aliphatic heterocycles. The van der Waals surface area contributed by atoms with E-state index < -0.39 is 0 Å². The molecule has 0 spiro atoms. The van der Waals surface area contributed by atoms with Crippen molar-refractivity contribution in [2.24, 2.45) is 0 Å². The molecule has 59 heavy (non-hydrogen) atoms. The molecule has 0 atom stereocenters. The second-order valence-corrected chi connectivity index (χ2v) is 14.9. The number of hydrogen-bond donors (Lipinski definition) is 0. The number of fused-ring (bicyclic) bond motifs is 1. The summed E-state index contributed by atoms with van der Waals surface area (Å²) < 4.78 is 0. The maximum Gasteiger partial charge on any atom is 0.0462 e. The molecule has 10 rings (SSSR count). The number of benzene rings is 10. The Balaban J connectivity index is 1.02. The molecule has 0 amide bonds. The van der Waals surface area contributed by atoms with E-state index in [1.807, 2.05) is 0 Å². The predicted molar refractivity (Wildman–Crippen MR) is 251 cm³/mol. The second-order valence-electron chi connectivity index (χ2n) is 14.9. The second kappa shape index (κ2) is 16.0. The summed E-state index contributed by atoms with van der Waals surface area (Å²) in [5, 5.41) is 2.50. The van der Waals surface area contributed by atoms with E-state index in [0.717, 1.165) is 17.1 Å². The Bertz CT molecular complexity index is 2980. The third-order valence-electron chi connectivity index (χ3n) is 11.3. The van der Waals surface area contributed by atoms with Crippen molar-refractivity contribution in [2.75, 3.05) is 4.90 Å². The quantitative estimate of drug-likeness (QED) is 0.142. The molecule has 10 aromatic rings. The first kappa shape index (κ1) is 35.7. The monoisotopic (exact) mass is 751 g/mol. The number of hydrogen-bond acceptors (Lipinski definition) is 1. The highest BCUT2D eigenvalue weighted by molar-refractivity contribution is 6.06. The minimum Gasteiger partial charge on any atom is -0.311 e.